The van der Waals surface area contributed by atoms with Gasteiger partial charge in [0.25, 0.3) is 0 Å². The Balaban J connectivity index is 1.50. The second kappa shape index (κ2) is 7.80. The lowest BCUT2D eigenvalue weighted by atomic mass is 9.91. The number of benzene rings is 2. The molecule has 1 fully saturated rings. The third kappa shape index (κ3) is 4.11. The van der Waals surface area contributed by atoms with Gasteiger partial charge in [-0.15, -0.1) is 0 Å². The fraction of sp³-hybridized carbons (Fsp3) is 0.333. The van der Waals surface area contributed by atoms with Gasteiger partial charge in [-0.05, 0) is 53.9 Å². The Labute approximate surface area is 159 Å². The van der Waals surface area contributed by atoms with Gasteiger partial charge in [-0.3, -0.25) is 0 Å². The van der Waals surface area contributed by atoms with Crippen LogP contribution in [-0.4, -0.2) is 29.2 Å². The summed E-state index contributed by atoms with van der Waals surface area (Å²) in [5, 5.41) is 9.03. The summed E-state index contributed by atoms with van der Waals surface area (Å²) in [5.74, 6) is 2.23. The summed E-state index contributed by atoms with van der Waals surface area (Å²) in [6.07, 6.45) is 6.28. The number of fused-ring (bicyclic) bond motifs is 1. The van der Waals surface area contributed by atoms with Gasteiger partial charge in [-0.25, -0.2) is 4.98 Å². The Kier molecular flexibility index (Phi) is 5.07. The van der Waals surface area contributed by atoms with Crippen LogP contribution in [0.1, 0.15) is 25.7 Å². The van der Waals surface area contributed by atoms with Crippen LogP contribution in [0.25, 0.3) is 10.8 Å². The van der Waals surface area contributed by atoms with Gasteiger partial charge >= 0.3 is 0 Å². The molecule has 0 bridgehead atoms. The van der Waals surface area contributed by atoms with Crippen molar-refractivity contribution in [2.45, 2.75) is 37.8 Å². The highest BCUT2D eigenvalue weighted by molar-refractivity contribution is 5.87. The van der Waals surface area contributed by atoms with Crippen LogP contribution in [0, 0.1) is 0 Å². The zero-order valence-corrected chi connectivity index (χ0v) is 15.5. The summed E-state index contributed by atoms with van der Waals surface area (Å²) in [5.41, 5.74) is 7.20. The molecule has 0 amide bonds. The average molecular weight is 363 g/mol. The number of anilines is 3. The molecule has 2 atom stereocenters. The Bertz CT molecular complexity index is 929. The molecule has 3 aromatic rings. The van der Waals surface area contributed by atoms with Gasteiger partial charge in [0.1, 0.15) is 11.6 Å². The van der Waals surface area contributed by atoms with Crippen molar-refractivity contribution in [1.82, 2.24) is 9.97 Å². The normalized spacial score (nSPS) is 19.6. The third-order valence-corrected chi connectivity index (χ3v) is 5.11. The molecule has 140 valence electrons. The first-order valence-electron chi connectivity index (χ1n) is 9.41. The predicted molar refractivity (Wildman–Crippen MR) is 110 cm³/mol. The predicted octanol–water partition coefficient (Wildman–Crippen LogP) is 4.06. The zero-order chi connectivity index (χ0) is 18.6. The summed E-state index contributed by atoms with van der Waals surface area (Å²) in [6.45, 7) is 0. The quantitative estimate of drug-likeness (QED) is 0.634. The molecule has 1 aliphatic rings. The molecule has 1 aromatic heterocycles. The maximum Gasteiger partial charge on any atom is 0.224 e. The van der Waals surface area contributed by atoms with E-state index in [1.807, 2.05) is 24.3 Å². The average Bonchev–Trinajstić information content (AvgIpc) is 2.70. The molecule has 6 heteroatoms. The Morgan fingerprint density at radius 3 is 2.70 bits per heavy atom. The molecule has 27 heavy (non-hydrogen) atoms. The van der Waals surface area contributed by atoms with Gasteiger partial charge in [0.2, 0.25) is 5.95 Å². The van der Waals surface area contributed by atoms with E-state index in [1.54, 1.807) is 13.3 Å². The minimum Gasteiger partial charge on any atom is -0.497 e. The summed E-state index contributed by atoms with van der Waals surface area (Å²) >= 11 is 0. The molecule has 4 rings (SSSR count). The first-order valence-corrected chi connectivity index (χ1v) is 9.41. The van der Waals surface area contributed by atoms with Crippen LogP contribution in [-0.2, 0) is 0 Å². The van der Waals surface area contributed by atoms with E-state index >= 15 is 0 Å². The SMILES string of the molecule is COc1ccc2cc(Nc3ccnc(N[C@@H]4CCCC[C@@H]4N)n3)ccc2c1. The number of nitrogens with zero attached hydrogens (tertiary/aromatic N) is 2. The van der Waals surface area contributed by atoms with Gasteiger partial charge in [-0.2, -0.15) is 4.98 Å². The number of nitrogens with two attached hydrogens (primary N) is 1. The number of nitrogens with one attached hydrogen (secondary N) is 2. The molecular weight excluding hydrogens is 338 g/mol. The van der Waals surface area contributed by atoms with Crippen molar-refractivity contribution in [3.8, 4) is 5.75 Å². The summed E-state index contributed by atoms with van der Waals surface area (Å²) in [4.78, 5) is 8.94. The summed E-state index contributed by atoms with van der Waals surface area (Å²) < 4.78 is 5.28. The standard InChI is InChI=1S/C21H25N5O/c1-27-17-9-7-14-12-16(8-6-15(14)13-17)24-20-10-11-23-21(26-20)25-19-5-3-2-4-18(19)22/h6-13,18-19H,2-5,22H2,1H3,(H2,23,24,25,26)/t18-,19+/m0/s1. The van der Waals surface area contributed by atoms with Crippen molar-refractivity contribution < 1.29 is 4.74 Å². The van der Waals surface area contributed by atoms with E-state index in [-0.39, 0.29) is 12.1 Å². The molecular formula is C21H25N5O. The van der Waals surface area contributed by atoms with Crippen LogP contribution in [0.2, 0.25) is 0 Å². The Hall–Kier alpha value is -2.86. The second-order valence-electron chi connectivity index (χ2n) is 7.02. The van der Waals surface area contributed by atoms with Gasteiger partial charge < -0.3 is 21.1 Å². The van der Waals surface area contributed by atoms with E-state index in [2.05, 4.69) is 38.8 Å². The molecule has 6 nitrogen and oxygen atoms in total. The lowest BCUT2D eigenvalue weighted by Gasteiger charge is -2.29. The van der Waals surface area contributed by atoms with Gasteiger partial charge in [-0.1, -0.05) is 25.0 Å². The molecule has 0 saturated heterocycles. The van der Waals surface area contributed by atoms with Crippen LogP contribution in [0.5, 0.6) is 5.75 Å². The monoisotopic (exact) mass is 363 g/mol. The molecule has 0 aliphatic heterocycles. The fourth-order valence-corrected chi connectivity index (χ4v) is 3.58. The third-order valence-electron chi connectivity index (χ3n) is 5.11. The van der Waals surface area contributed by atoms with E-state index in [4.69, 9.17) is 10.5 Å². The highest BCUT2D eigenvalue weighted by Crippen LogP contribution is 2.25. The molecule has 0 unspecified atom stereocenters. The number of methoxy groups -OCH3 is 1. The Morgan fingerprint density at radius 1 is 1.04 bits per heavy atom. The van der Waals surface area contributed by atoms with Crippen molar-refractivity contribution in [2.75, 3.05) is 17.7 Å². The molecule has 2 aromatic carbocycles. The highest BCUT2D eigenvalue weighted by atomic mass is 16.5. The van der Waals surface area contributed by atoms with Crippen molar-refractivity contribution in [3.63, 3.8) is 0 Å². The first kappa shape index (κ1) is 17.5. The van der Waals surface area contributed by atoms with E-state index in [1.165, 1.54) is 12.8 Å². The highest BCUT2D eigenvalue weighted by Gasteiger charge is 2.22. The van der Waals surface area contributed by atoms with Crippen LogP contribution in [0.4, 0.5) is 17.5 Å². The summed E-state index contributed by atoms with van der Waals surface area (Å²) in [6, 6.07) is 14.5. The molecule has 1 heterocycles. The first-order chi connectivity index (χ1) is 13.2. The molecule has 1 aliphatic carbocycles. The van der Waals surface area contributed by atoms with Crippen LogP contribution < -0.4 is 21.1 Å². The van der Waals surface area contributed by atoms with Crippen molar-refractivity contribution in [2.24, 2.45) is 5.73 Å². The van der Waals surface area contributed by atoms with Gasteiger partial charge in [0.15, 0.2) is 0 Å². The maximum atomic E-state index is 6.22. The number of hydrogen-bond acceptors (Lipinski definition) is 6. The topological polar surface area (TPSA) is 85.1 Å². The second-order valence-corrected chi connectivity index (χ2v) is 7.02. The molecule has 1 saturated carbocycles. The number of ether oxygens (including phenoxy) is 1. The lowest BCUT2D eigenvalue weighted by Crippen LogP contribution is -2.42. The van der Waals surface area contributed by atoms with Crippen LogP contribution >= 0.6 is 0 Å². The van der Waals surface area contributed by atoms with Crippen molar-refractivity contribution in [3.05, 3.63) is 48.7 Å². The number of hydrogen-bond donors (Lipinski definition) is 3. The Morgan fingerprint density at radius 2 is 1.85 bits per heavy atom. The lowest BCUT2D eigenvalue weighted by molar-refractivity contribution is 0.402. The summed E-state index contributed by atoms with van der Waals surface area (Å²) in [7, 11) is 1.68. The van der Waals surface area contributed by atoms with Gasteiger partial charge in [0.05, 0.1) is 7.11 Å². The number of rotatable bonds is 5. The minimum atomic E-state index is 0.163. The minimum absolute atomic E-state index is 0.163. The van der Waals surface area contributed by atoms with E-state index in [0.717, 1.165) is 40.9 Å². The molecule has 0 radical (unpaired) electrons. The maximum absolute atomic E-state index is 6.22. The van der Waals surface area contributed by atoms with E-state index in [0.29, 0.717) is 5.95 Å². The molecule has 0 spiro atoms. The van der Waals surface area contributed by atoms with Crippen LogP contribution in [0.3, 0.4) is 0 Å². The van der Waals surface area contributed by atoms with Crippen molar-refractivity contribution in [1.29, 1.82) is 0 Å². The van der Waals surface area contributed by atoms with Crippen LogP contribution in [0.15, 0.2) is 48.7 Å². The van der Waals surface area contributed by atoms with E-state index < -0.39 is 0 Å². The molecule has 4 N–H and O–H groups in total. The zero-order valence-electron chi connectivity index (χ0n) is 15.5. The van der Waals surface area contributed by atoms with E-state index in [9.17, 15) is 0 Å². The largest absolute Gasteiger partial charge is 0.497 e. The smallest absolute Gasteiger partial charge is 0.224 e. The number of aromatic nitrogens is 2. The van der Waals surface area contributed by atoms with Gasteiger partial charge in [0, 0.05) is 24.0 Å². The fourth-order valence-electron chi connectivity index (χ4n) is 3.58. The van der Waals surface area contributed by atoms with Crippen molar-refractivity contribution >= 4 is 28.2 Å².